The van der Waals surface area contributed by atoms with Crippen LogP contribution >= 0.6 is 0 Å². The van der Waals surface area contributed by atoms with E-state index in [4.69, 9.17) is 5.26 Å². The van der Waals surface area contributed by atoms with Gasteiger partial charge >= 0.3 is 0 Å². The average molecular weight is 273 g/mol. The standard InChI is InChI=1S/C18H15N3/c1-14-7-9-15(10-8-14)18-13-17(11-12-19)21(20-18)16-5-3-2-4-6-16/h2-10,13H,11H2,1H3. The lowest BCUT2D eigenvalue weighted by Crippen LogP contribution is -2.01. The summed E-state index contributed by atoms with van der Waals surface area (Å²) in [6.07, 6.45) is 0.341. The molecule has 1 aromatic heterocycles. The van der Waals surface area contributed by atoms with Crippen molar-refractivity contribution in [2.45, 2.75) is 13.3 Å². The minimum Gasteiger partial charge on any atom is -0.236 e. The van der Waals surface area contributed by atoms with Gasteiger partial charge in [0, 0.05) is 5.56 Å². The average Bonchev–Trinajstić information content (AvgIpc) is 2.93. The number of hydrogen-bond acceptors (Lipinski definition) is 2. The van der Waals surface area contributed by atoms with Crippen LogP contribution in [0, 0.1) is 18.3 Å². The predicted octanol–water partition coefficient (Wildman–Crippen LogP) is 3.91. The molecule has 0 N–H and O–H groups in total. The highest BCUT2D eigenvalue weighted by molar-refractivity contribution is 5.60. The van der Waals surface area contributed by atoms with Gasteiger partial charge in [0.25, 0.3) is 0 Å². The summed E-state index contributed by atoms with van der Waals surface area (Å²) in [6.45, 7) is 2.06. The largest absolute Gasteiger partial charge is 0.236 e. The molecule has 0 spiro atoms. The summed E-state index contributed by atoms with van der Waals surface area (Å²) >= 11 is 0. The number of rotatable bonds is 3. The van der Waals surface area contributed by atoms with E-state index in [1.54, 1.807) is 0 Å². The molecule has 3 nitrogen and oxygen atoms in total. The summed E-state index contributed by atoms with van der Waals surface area (Å²) in [7, 11) is 0. The zero-order chi connectivity index (χ0) is 14.7. The van der Waals surface area contributed by atoms with E-state index in [-0.39, 0.29) is 0 Å². The summed E-state index contributed by atoms with van der Waals surface area (Å²) in [4.78, 5) is 0. The molecule has 0 aliphatic heterocycles. The van der Waals surface area contributed by atoms with Gasteiger partial charge in [-0.1, -0.05) is 48.0 Å². The van der Waals surface area contributed by atoms with Gasteiger partial charge in [0.2, 0.25) is 0 Å². The highest BCUT2D eigenvalue weighted by atomic mass is 15.3. The van der Waals surface area contributed by atoms with Crippen molar-refractivity contribution in [3.8, 4) is 23.0 Å². The molecule has 0 amide bonds. The second kappa shape index (κ2) is 5.64. The Balaban J connectivity index is 2.09. The van der Waals surface area contributed by atoms with Crippen molar-refractivity contribution in [2.24, 2.45) is 0 Å². The van der Waals surface area contributed by atoms with Crippen molar-refractivity contribution < 1.29 is 0 Å². The van der Waals surface area contributed by atoms with Crippen LogP contribution in [0.15, 0.2) is 60.7 Å². The van der Waals surface area contributed by atoms with Crippen LogP contribution in [-0.2, 0) is 6.42 Å². The van der Waals surface area contributed by atoms with Gasteiger partial charge in [0.05, 0.1) is 29.6 Å². The van der Waals surface area contributed by atoms with Crippen LogP contribution in [0.3, 0.4) is 0 Å². The summed E-state index contributed by atoms with van der Waals surface area (Å²) < 4.78 is 1.85. The number of aromatic nitrogens is 2. The van der Waals surface area contributed by atoms with Crippen LogP contribution in [0.5, 0.6) is 0 Å². The molecule has 0 radical (unpaired) electrons. The van der Waals surface area contributed by atoms with Gasteiger partial charge in [-0.3, -0.25) is 0 Å². The fourth-order valence-electron chi connectivity index (χ4n) is 2.28. The molecular formula is C18H15N3. The number of hydrogen-bond donors (Lipinski definition) is 0. The predicted molar refractivity (Wildman–Crippen MR) is 83.1 cm³/mol. The van der Waals surface area contributed by atoms with Crippen molar-refractivity contribution >= 4 is 0 Å². The van der Waals surface area contributed by atoms with E-state index in [1.807, 2.05) is 41.1 Å². The maximum Gasteiger partial charge on any atom is 0.0930 e. The van der Waals surface area contributed by atoms with Crippen LogP contribution in [0.25, 0.3) is 16.9 Å². The fraction of sp³-hybridized carbons (Fsp3) is 0.111. The normalized spacial score (nSPS) is 10.3. The summed E-state index contributed by atoms with van der Waals surface area (Å²) in [6, 6.07) is 22.3. The van der Waals surface area contributed by atoms with Crippen LogP contribution in [-0.4, -0.2) is 9.78 Å². The van der Waals surface area contributed by atoms with E-state index in [0.717, 1.165) is 22.6 Å². The molecule has 3 rings (SSSR count). The molecule has 0 unspecified atom stereocenters. The summed E-state index contributed by atoms with van der Waals surface area (Å²) in [5.74, 6) is 0. The van der Waals surface area contributed by atoms with Crippen molar-refractivity contribution in [1.82, 2.24) is 9.78 Å². The van der Waals surface area contributed by atoms with Crippen molar-refractivity contribution in [2.75, 3.05) is 0 Å². The Morgan fingerprint density at radius 1 is 1.05 bits per heavy atom. The van der Waals surface area contributed by atoms with E-state index in [1.165, 1.54) is 5.56 Å². The fourth-order valence-corrected chi connectivity index (χ4v) is 2.28. The SMILES string of the molecule is Cc1ccc(-c2cc(CC#N)n(-c3ccccc3)n2)cc1. The molecule has 0 aliphatic carbocycles. The smallest absolute Gasteiger partial charge is 0.0930 e. The topological polar surface area (TPSA) is 41.6 Å². The van der Waals surface area contributed by atoms with Gasteiger partial charge in [-0.25, -0.2) is 4.68 Å². The van der Waals surface area contributed by atoms with Crippen molar-refractivity contribution in [3.63, 3.8) is 0 Å². The first-order chi connectivity index (χ1) is 10.3. The van der Waals surface area contributed by atoms with Crippen molar-refractivity contribution in [3.05, 3.63) is 71.9 Å². The van der Waals surface area contributed by atoms with Crippen LogP contribution in [0.1, 0.15) is 11.3 Å². The van der Waals surface area contributed by atoms with E-state index in [0.29, 0.717) is 6.42 Å². The lowest BCUT2D eigenvalue weighted by Gasteiger charge is -2.04. The molecule has 0 atom stereocenters. The zero-order valence-electron chi connectivity index (χ0n) is 11.8. The number of nitrogens with zero attached hydrogens (tertiary/aromatic N) is 3. The van der Waals surface area contributed by atoms with Crippen LogP contribution < -0.4 is 0 Å². The van der Waals surface area contributed by atoms with E-state index in [2.05, 4.69) is 42.4 Å². The Labute approximate surface area is 124 Å². The molecule has 102 valence electrons. The third-order valence-electron chi connectivity index (χ3n) is 3.39. The summed E-state index contributed by atoms with van der Waals surface area (Å²) in [5.41, 5.74) is 5.05. The number of benzene rings is 2. The van der Waals surface area contributed by atoms with Gasteiger partial charge in [0.15, 0.2) is 0 Å². The molecule has 0 fully saturated rings. The molecule has 2 aromatic carbocycles. The Hall–Kier alpha value is -2.86. The lowest BCUT2D eigenvalue weighted by atomic mass is 10.1. The van der Waals surface area contributed by atoms with E-state index >= 15 is 0 Å². The number of nitriles is 1. The zero-order valence-corrected chi connectivity index (χ0v) is 11.8. The highest BCUT2D eigenvalue weighted by Gasteiger charge is 2.10. The van der Waals surface area contributed by atoms with Crippen molar-refractivity contribution in [1.29, 1.82) is 5.26 Å². The molecule has 21 heavy (non-hydrogen) atoms. The third kappa shape index (κ3) is 2.70. The molecule has 0 saturated carbocycles. The first kappa shape index (κ1) is 13.1. The molecule has 3 heteroatoms. The summed E-state index contributed by atoms with van der Waals surface area (Å²) in [5, 5.41) is 13.7. The minimum absolute atomic E-state index is 0.341. The molecule has 3 aromatic rings. The lowest BCUT2D eigenvalue weighted by molar-refractivity contribution is 0.834. The van der Waals surface area contributed by atoms with Gasteiger partial charge < -0.3 is 0 Å². The highest BCUT2D eigenvalue weighted by Crippen LogP contribution is 2.22. The number of aryl methyl sites for hydroxylation is 1. The van der Waals surface area contributed by atoms with Gasteiger partial charge in [-0.15, -0.1) is 0 Å². The minimum atomic E-state index is 0.341. The first-order valence-corrected chi connectivity index (χ1v) is 6.86. The van der Waals surface area contributed by atoms with Gasteiger partial charge in [0.1, 0.15) is 0 Å². The number of para-hydroxylation sites is 1. The quantitative estimate of drug-likeness (QED) is 0.726. The second-order valence-corrected chi connectivity index (χ2v) is 4.97. The van der Waals surface area contributed by atoms with E-state index < -0.39 is 0 Å². The molecule has 1 heterocycles. The Bertz CT molecular complexity index is 778. The molecular weight excluding hydrogens is 258 g/mol. The maximum atomic E-state index is 9.02. The van der Waals surface area contributed by atoms with Crippen LogP contribution in [0.2, 0.25) is 0 Å². The maximum absolute atomic E-state index is 9.02. The monoisotopic (exact) mass is 273 g/mol. The second-order valence-electron chi connectivity index (χ2n) is 4.97. The third-order valence-corrected chi connectivity index (χ3v) is 3.39. The van der Waals surface area contributed by atoms with Crippen LogP contribution in [0.4, 0.5) is 0 Å². The van der Waals surface area contributed by atoms with Gasteiger partial charge in [-0.2, -0.15) is 10.4 Å². The van der Waals surface area contributed by atoms with Gasteiger partial charge in [-0.05, 0) is 25.1 Å². The molecule has 0 bridgehead atoms. The Morgan fingerprint density at radius 2 is 1.76 bits per heavy atom. The Morgan fingerprint density at radius 3 is 2.43 bits per heavy atom. The van der Waals surface area contributed by atoms with E-state index in [9.17, 15) is 0 Å². The Kier molecular flexibility index (Phi) is 3.53. The molecule has 0 saturated heterocycles. The first-order valence-electron chi connectivity index (χ1n) is 6.86. The molecule has 0 aliphatic rings.